The van der Waals surface area contributed by atoms with Crippen LogP contribution in [0, 0.1) is 0 Å². The van der Waals surface area contributed by atoms with Crippen LogP contribution in [0.2, 0.25) is 0 Å². The lowest BCUT2D eigenvalue weighted by Gasteiger charge is -2.13. The monoisotopic (exact) mass is 264 g/mol. The van der Waals surface area contributed by atoms with E-state index in [0.29, 0.717) is 16.9 Å². The summed E-state index contributed by atoms with van der Waals surface area (Å²) in [5.41, 5.74) is 12.7. The second-order valence-electron chi connectivity index (χ2n) is 4.95. The average molecular weight is 264 g/mol. The maximum absolute atomic E-state index is 11.9. The highest BCUT2D eigenvalue weighted by molar-refractivity contribution is 5.91. The van der Waals surface area contributed by atoms with Crippen molar-refractivity contribution in [1.29, 1.82) is 0 Å². The van der Waals surface area contributed by atoms with Crippen molar-refractivity contribution < 1.29 is 9.53 Å². The number of rotatable bonds is 7. The molecule has 4 N–H and O–H groups in total. The summed E-state index contributed by atoms with van der Waals surface area (Å²) in [6.45, 7) is 4.09. The molecule has 0 spiro atoms. The molecule has 0 radical (unpaired) electrons. The topological polar surface area (TPSA) is 78.3 Å². The van der Waals surface area contributed by atoms with E-state index in [2.05, 4.69) is 6.92 Å². The first-order valence-corrected chi connectivity index (χ1v) is 6.90. The van der Waals surface area contributed by atoms with Crippen molar-refractivity contribution in [3.63, 3.8) is 0 Å². The van der Waals surface area contributed by atoms with E-state index in [1.54, 1.807) is 18.2 Å². The molecule has 0 aliphatic heterocycles. The molecule has 0 fully saturated rings. The van der Waals surface area contributed by atoms with Crippen LogP contribution < -0.4 is 11.5 Å². The highest BCUT2D eigenvalue weighted by atomic mass is 16.5. The van der Waals surface area contributed by atoms with Crippen LogP contribution in [0.3, 0.4) is 0 Å². The Hall–Kier alpha value is -1.71. The number of ether oxygens (including phenoxy) is 1. The van der Waals surface area contributed by atoms with Gasteiger partial charge in [0.1, 0.15) is 0 Å². The third kappa shape index (κ3) is 5.64. The van der Waals surface area contributed by atoms with Crippen molar-refractivity contribution >= 4 is 17.3 Å². The summed E-state index contributed by atoms with van der Waals surface area (Å²) in [6.07, 6.45) is 5.52. The highest BCUT2D eigenvalue weighted by Gasteiger charge is 2.12. The number of carbonyl (C=O) groups is 1. The van der Waals surface area contributed by atoms with E-state index in [4.69, 9.17) is 16.2 Å². The molecule has 0 aliphatic rings. The molecule has 0 saturated heterocycles. The Morgan fingerprint density at radius 3 is 2.37 bits per heavy atom. The van der Waals surface area contributed by atoms with Crippen molar-refractivity contribution in [3.8, 4) is 0 Å². The third-order valence-electron chi connectivity index (χ3n) is 2.99. The number of hydrogen-bond acceptors (Lipinski definition) is 4. The van der Waals surface area contributed by atoms with Gasteiger partial charge in [-0.1, -0.05) is 26.2 Å². The molecule has 1 aromatic carbocycles. The number of esters is 1. The lowest BCUT2D eigenvalue weighted by Crippen LogP contribution is -2.15. The molecule has 0 heterocycles. The summed E-state index contributed by atoms with van der Waals surface area (Å²) >= 11 is 0. The van der Waals surface area contributed by atoms with Crippen molar-refractivity contribution in [2.45, 2.75) is 52.1 Å². The summed E-state index contributed by atoms with van der Waals surface area (Å²) in [5.74, 6) is -0.359. The van der Waals surface area contributed by atoms with Gasteiger partial charge in [-0.25, -0.2) is 4.79 Å². The van der Waals surface area contributed by atoms with Crippen LogP contribution in [0.5, 0.6) is 0 Å². The van der Waals surface area contributed by atoms with Gasteiger partial charge in [-0.05, 0) is 38.0 Å². The summed E-state index contributed by atoms with van der Waals surface area (Å²) in [4.78, 5) is 11.9. The Morgan fingerprint density at radius 1 is 1.16 bits per heavy atom. The number of carbonyl (C=O) groups excluding carboxylic acids is 1. The van der Waals surface area contributed by atoms with Crippen LogP contribution in [-0.2, 0) is 4.74 Å². The maximum Gasteiger partial charge on any atom is 0.338 e. The van der Waals surface area contributed by atoms with Crippen LogP contribution >= 0.6 is 0 Å². The van der Waals surface area contributed by atoms with E-state index in [0.717, 1.165) is 12.8 Å². The zero-order valence-corrected chi connectivity index (χ0v) is 11.8. The van der Waals surface area contributed by atoms with Crippen molar-refractivity contribution in [1.82, 2.24) is 0 Å². The maximum atomic E-state index is 11.9. The first kappa shape index (κ1) is 15.3. The number of benzene rings is 1. The van der Waals surface area contributed by atoms with Gasteiger partial charge in [0.25, 0.3) is 0 Å². The van der Waals surface area contributed by atoms with Crippen molar-refractivity contribution in [2.24, 2.45) is 0 Å². The predicted octanol–water partition coefficient (Wildman–Crippen LogP) is 3.37. The summed E-state index contributed by atoms with van der Waals surface area (Å²) in [6, 6.07) is 4.79. The second-order valence-corrected chi connectivity index (χ2v) is 4.95. The Labute approximate surface area is 115 Å². The van der Waals surface area contributed by atoms with Crippen LogP contribution in [-0.4, -0.2) is 12.1 Å². The van der Waals surface area contributed by atoms with Gasteiger partial charge in [0.05, 0.1) is 11.7 Å². The highest BCUT2D eigenvalue weighted by Crippen LogP contribution is 2.16. The van der Waals surface area contributed by atoms with E-state index < -0.39 is 0 Å². The third-order valence-corrected chi connectivity index (χ3v) is 2.99. The molecule has 1 rings (SSSR count). The van der Waals surface area contributed by atoms with Gasteiger partial charge in [-0.15, -0.1) is 0 Å². The first-order valence-electron chi connectivity index (χ1n) is 6.90. The summed E-state index contributed by atoms with van der Waals surface area (Å²) in [5, 5.41) is 0. The molecule has 19 heavy (non-hydrogen) atoms. The number of anilines is 2. The van der Waals surface area contributed by atoms with E-state index in [9.17, 15) is 4.79 Å². The van der Waals surface area contributed by atoms with E-state index in [1.165, 1.54) is 19.3 Å². The molecule has 0 aliphatic carbocycles. The number of unbranched alkanes of at least 4 members (excludes halogenated alkanes) is 3. The minimum absolute atomic E-state index is 0.0768. The molecular weight excluding hydrogens is 240 g/mol. The van der Waals surface area contributed by atoms with Crippen molar-refractivity contribution in [3.05, 3.63) is 23.8 Å². The van der Waals surface area contributed by atoms with Gasteiger partial charge in [0.15, 0.2) is 0 Å². The molecule has 0 amide bonds. The van der Waals surface area contributed by atoms with Gasteiger partial charge in [-0.3, -0.25) is 0 Å². The Kier molecular flexibility index (Phi) is 6.19. The molecule has 0 aromatic heterocycles. The van der Waals surface area contributed by atoms with Crippen molar-refractivity contribution in [2.75, 3.05) is 11.5 Å². The Balaban J connectivity index is 2.45. The molecule has 4 heteroatoms. The van der Waals surface area contributed by atoms with Crippen LogP contribution in [0.25, 0.3) is 0 Å². The first-order chi connectivity index (χ1) is 9.02. The van der Waals surface area contributed by atoms with E-state index in [1.807, 2.05) is 6.92 Å². The molecule has 1 aromatic rings. The summed E-state index contributed by atoms with van der Waals surface area (Å²) in [7, 11) is 0. The molecule has 0 saturated carbocycles. The fourth-order valence-corrected chi connectivity index (χ4v) is 1.96. The minimum atomic E-state index is -0.359. The van der Waals surface area contributed by atoms with E-state index in [-0.39, 0.29) is 12.1 Å². The number of nitrogen functional groups attached to an aromatic ring is 2. The smallest absolute Gasteiger partial charge is 0.338 e. The zero-order chi connectivity index (χ0) is 14.3. The molecule has 4 nitrogen and oxygen atoms in total. The fourth-order valence-electron chi connectivity index (χ4n) is 1.96. The zero-order valence-electron chi connectivity index (χ0n) is 11.8. The molecular formula is C15H24N2O2. The molecule has 1 atom stereocenters. The number of nitrogens with two attached hydrogens (primary N) is 2. The second kappa shape index (κ2) is 7.67. The van der Waals surface area contributed by atoms with Crippen LogP contribution in [0.15, 0.2) is 18.2 Å². The van der Waals surface area contributed by atoms with Crippen LogP contribution in [0.4, 0.5) is 11.4 Å². The van der Waals surface area contributed by atoms with Gasteiger partial charge < -0.3 is 16.2 Å². The SMILES string of the molecule is CCCCCCC(C)OC(=O)c1cc(N)cc(N)c1. The number of hydrogen-bond donors (Lipinski definition) is 2. The van der Waals surface area contributed by atoms with Gasteiger partial charge in [-0.2, -0.15) is 0 Å². The lowest BCUT2D eigenvalue weighted by molar-refractivity contribution is 0.0319. The lowest BCUT2D eigenvalue weighted by atomic mass is 10.1. The van der Waals surface area contributed by atoms with Gasteiger partial charge in [0, 0.05) is 11.4 Å². The quantitative estimate of drug-likeness (QED) is 0.449. The van der Waals surface area contributed by atoms with E-state index >= 15 is 0 Å². The Morgan fingerprint density at radius 2 is 1.79 bits per heavy atom. The Bertz CT molecular complexity index is 398. The molecule has 0 bridgehead atoms. The molecule has 106 valence electrons. The summed E-state index contributed by atoms with van der Waals surface area (Å²) < 4.78 is 5.38. The van der Waals surface area contributed by atoms with Crippen LogP contribution in [0.1, 0.15) is 56.3 Å². The van der Waals surface area contributed by atoms with Gasteiger partial charge in [0.2, 0.25) is 0 Å². The average Bonchev–Trinajstić information content (AvgIpc) is 2.33. The minimum Gasteiger partial charge on any atom is -0.459 e. The van der Waals surface area contributed by atoms with Gasteiger partial charge >= 0.3 is 5.97 Å². The predicted molar refractivity (Wildman–Crippen MR) is 78.9 cm³/mol. The fraction of sp³-hybridized carbons (Fsp3) is 0.533. The normalized spacial score (nSPS) is 12.1. The standard InChI is InChI=1S/C15H24N2O2/c1-3-4-5-6-7-11(2)19-15(18)12-8-13(16)10-14(17)9-12/h8-11H,3-7,16-17H2,1-2H3. The largest absolute Gasteiger partial charge is 0.459 e. The molecule has 1 unspecified atom stereocenters.